The normalized spacial score (nSPS) is 18.2. The second-order valence-electron chi connectivity index (χ2n) is 4.78. The minimum Gasteiger partial charge on any atom is -0.293 e. The number of benzene rings is 1. The van der Waals surface area contributed by atoms with Gasteiger partial charge in [0, 0.05) is 5.56 Å². The van der Waals surface area contributed by atoms with Crippen molar-refractivity contribution in [1.29, 1.82) is 0 Å². The van der Waals surface area contributed by atoms with Crippen molar-refractivity contribution >= 4 is 5.78 Å². The lowest BCUT2D eigenvalue weighted by molar-refractivity contribution is 0.0837. The molecule has 1 aromatic rings. The molecule has 0 N–H and O–H groups in total. The molecule has 0 aliphatic carbocycles. The van der Waals surface area contributed by atoms with Gasteiger partial charge in [-0.05, 0) is 32.4 Å². The topological polar surface area (TPSA) is 20.3 Å². The average molecular weight is 237 g/mol. The maximum Gasteiger partial charge on any atom is 0.179 e. The Bertz CT molecular complexity index is 354. The first-order valence-corrected chi connectivity index (χ1v) is 6.66. The van der Waals surface area contributed by atoms with E-state index in [1.165, 1.54) is 12.8 Å². The van der Waals surface area contributed by atoms with Crippen LogP contribution >= 0.6 is 0 Å². The largest absolute Gasteiger partial charge is 0.293 e. The minimum atomic E-state index is 0.102. The van der Waals surface area contributed by atoms with Gasteiger partial charge in [-0.2, -0.15) is 0 Å². The van der Waals surface area contributed by atoms with Crippen LogP contribution in [0.2, 0.25) is 0 Å². The highest BCUT2D eigenvalue weighted by molar-refractivity contribution is 6.00. The van der Waals surface area contributed by atoms with Crippen LogP contribution in [0, 0.1) is 0 Å². The van der Waals surface area contributed by atoms with Crippen LogP contribution in [0.5, 0.6) is 0 Å². The second-order valence-corrected chi connectivity index (χ2v) is 4.78. The summed E-state index contributed by atoms with van der Waals surface area (Å²) in [4.78, 5) is 14.8. The summed E-state index contributed by atoms with van der Waals surface area (Å²) >= 11 is 0. The molecule has 0 saturated carbocycles. The lowest BCUT2D eigenvalue weighted by Crippen LogP contribution is -2.39. The molecule has 1 saturated heterocycles. The van der Waals surface area contributed by atoms with Gasteiger partial charge in [-0.25, -0.2) is 0 Å². The SMILES string of the molecule is CCCC(C(=O)[13c]1[13cH][13cH][13cH][13cH][13cH]1)N1CCCC1. The molecule has 2 nitrogen and oxygen atoms in total. The van der Waals surface area contributed by atoms with E-state index in [1.54, 1.807) is 0 Å². The van der Waals surface area contributed by atoms with Crippen LogP contribution in [-0.2, 0) is 0 Å². The summed E-state index contributed by atoms with van der Waals surface area (Å²) in [5.41, 5.74) is 0.859. The van der Waals surface area contributed by atoms with Crippen LogP contribution in [-0.4, -0.2) is 29.8 Å². The predicted molar refractivity (Wildman–Crippen MR) is 70.3 cm³/mol. The fraction of sp³-hybridized carbons (Fsp3) is 0.533. The van der Waals surface area contributed by atoms with Crippen molar-refractivity contribution in [3.8, 4) is 0 Å². The molecule has 0 aromatic heterocycles. The van der Waals surface area contributed by atoms with Crippen LogP contribution in [0.4, 0.5) is 0 Å². The van der Waals surface area contributed by atoms with Gasteiger partial charge in [0.2, 0.25) is 0 Å². The van der Waals surface area contributed by atoms with E-state index < -0.39 is 0 Å². The molecule has 17 heavy (non-hydrogen) atoms. The minimum absolute atomic E-state index is 0.102. The third-order valence-electron chi connectivity index (χ3n) is 3.50. The molecule has 2 heteroatoms. The number of hydrogen-bond donors (Lipinski definition) is 0. The first kappa shape index (κ1) is 12.3. The van der Waals surface area contributed by atoms with Crippen molar-refractivity contribution in [2.75, 3.05) is 13.1 Å². The van der Waals surface area contributed by atoms with Crippen LogP contribution in [0.1, 0.15) is 43.0 Å². The molecule has 1 unspecified atom stereocenters. The monoisotopic (exact) mass is 237 g/mol. The zero-order valence-electron chi connectivity index (χ0n) is 10.6. The van der Waals surface area contributed by atoms with Crippen LogP contribution < -0.4 is 0 Å². The molecule has 0 spiro atoms. The van der Waals surface area contributed by atoms with E-state index in [9.17, 15) is 4.79 Å². The molecular weight excluding hydrogens is 216 g/mol. The molecule has 1 atom stereocenters. The quantitative estimate of drug-likeness (QED) is 0.733. The average Bonchev–Trinajstić information content (AvgIpc) is 2.90. The standard InChI is InChI=1S/C15H21NO/c1-2-8-14(16-11-6-7-12-16)15(17)13-9-4-3-5-10-13/h3-5,9-10,14H,2,6-8,11-12H2,1H3/i3+1,4+1,5+1,9+1,10+1,13+1. The van der Waals surface area contributed by atoms with Crippen molar-refractivity contribution in [2.45, 2.75) is 38.6 Å². The number of nitrogens with zero attached hydrogens (tertiary/aromatic N) is 1. The molecule has 1 aromatic carbocycles. The van der Waals surface area contributed by atoms with Gasteiger partial charge in [-0.1, -0.05) is 43.7 Å². The van der Waals surface area contributed by atoms with Gasteiger partial charge in [-0.3, -0.25) is 9.69 Å². The highest BCUT2D eigenvalue weighted by Crippen LogP contribution is 2.19. The molecule has 1 heterocycles. The number of carbonyl (C=O) groups is 1. The maximum absolute atomic E-state index is 12.5. The Hall–Kier alpha value is -1.15. The summed E-state index contributed by atoms with van der Waals surface area (Å²) in [6, 6.07) is 9.81. The van der Waals surface area contributed by atoms with E-state index >= 15 is 0 Å². The van der Waals surface area contributed by atoms with E-state index in [1.807, 2.05) is 30.3 Å². The molecule has 0 radical (unpaired) electrons. The number of ketones is 1. The summed E-state index contributed by atoms with van der Waals surface area (Å²) in [7, 11) is 0. The number of carbonyl (C=O) groups excluding carboxylic acids is 1. The summed E-state index contributed by atoms with van der Waals surface area (Å²) in [6.07, 6.45) is 4.53. The molecule has 0 bridgehead atoms. The molecule has 1 fully saturated rings. The molecule has 1 aliphatic heterocycles. The fourth-order valence-electron chi connectivity index (χ4n) is 2.60. The third-order valence-corrected chi connectivity index (χ3v) is 3.50. The highest BCUT2D eigenvalue weighted by Gasteiger charge is 2.27. The van der Waals surface area contributed by atoms with E-state index in [2.05, 4.69) is 11.8 Å². The van der Waals surface area contributed by atoms with E-state index in [0.29, 0.717) is 5.78 Å². The first-order chi connectivity index (χ1) is 8.33. The summed E-state index contributed by atoms with van der Waals surface area (Å²) in [6.45, 7) is 4.33. The molecule has 0 amide bonds. The van der Waals surface area contributed by atoms with E-state index in [-0.39, 0.29) is 6.04 Å². The Morgan fingerprint density at radius 1 is 1.24 bits per heavy atom. The molecule has 2 rings (SSSR count). The second kappa shape index (κ2) is 5.97. The van der Waals surface area contributed by atoms with E-state index in [0.717, 1.165) is 31.5 Å². The number of likely N-dealkylation sites (tertiary alicyclic amines) is 1. The third kappa shape index (κ3) is 2.95. The van der Waals surface area contributed by atoms with Gasteiger partial charge in [0.15, 0.2) is 5.78 Å². The van der Waals surface area contributed by atoms with Gasteiger partial charge < -0.3 is 0 Å². The lowest BCUT2D eigenvalue weighted by Gasteiger charge is -2.26. The fourth-order valence-corrected chi connectivity index (χ4v) is 2.60. The zero-order chi connectivity index (χ0) is 12.1. The van der Waals surface area contributed by atoms with Crippen LogP contribution in [0.3, 0.4) is 0 Å². The van der Waals surface area contributed by atoms with Crippen molar-refractivity contribution < 1.29 is 4.79 Å². The van der Waals surface area contributed by atoms with Crippen molar-refractivity contribution in [1.82, 2.24) is 4.90 Å². The smallest absolute Gasteiger partial charge is 0.179 e. The first-order valence-electron chi connectivity index (χ1n) is 6.66. The van der Waals surface area contributed by atoms with Crippen LogP contribution in [0.25, 0.3) is 0 Å². The molecular formula is C15H21NO. The summed E-state index contributed by atoms with van der Waals surface area (Å²) in [5, 5.41) is 0. The van der Waals surface area contributed by atoms with Gasteiger partial charge in [0.05, 0.1) is 6.04 Å². The Morgan fingerprint density at radius 3 is 2.47 bits per heavy atom. The number of hydrogen-bond acceptors (Lipinski definition) is 2. The van der Waals surface area contributed by atoms with Gasteiger partial charge in [-0.15, -0.1) is 0 Å². The predicted octanol–water partition coefficient (Wildman–Crippen LogP) is 3.13. The van der Waals surface area contributed by atoms with Gasteiger partial charge in [0.25, 0.3) is 0 Å². The highest BCUT2D eigenvalue weighted by atomic mass is 16.1. The van der Waals surface area contributed by atoms with Crippen LogP contribution in [0.15, 0.2) is 30.3 Å². The molecule has 92 valence electrons. The number of rotatable bonds is 5. The van der Waals surface area contributed by atoms with Gasteiger partial charge >= 0.3 is 0 Å². The zero-order valence-corrected chi connectivity index (χ0v) is 10.6. The Balaban J connectivity index is 2.12. The Kier molecular flexibility index (Phi) is 4.32. The lowest BCUT2D eigenvalue weighted by atomic mass is 10.1. The Labute approximate surface area is 104 Å². The Morgan fingerprint density at radius 2 is 1.88 bits per heavy atom. The van der Waals surface area contributed by atoms with E-state index in [4.69, 9.17) is 0 Å². The van der Waals surface area contributed by atoms with Crippen molar-refractivity contribution in [2.24, 2.45) is 0 Å². The van der Waals surface area contributed by atoms with Crippen molar-refractivity contribution in [3.63, 3.8) is 0 Å². The number of Topliss-reactive ketones (excluding diaryl/α,β-unsaturated/α-hetero) is 1. The van der Waals surface area contributed by atoms with Gasteiger partial charge in [0.1, 0.15) is 0 Å². The van der Waals surface area contributed by atoms with Crippen molar-refractivity contribution in [3.05, 3.63) is 35.9 Å². The maximum atomic E-state index is 12.5. The molecule has 1 aliphatic rings. The summed E-state index contributed by atoms with van der Waals surface area (Å²) in [5.74, 6) is 0.300. The summed E-state index contributed by atoms with van der Waals surface area (Å²) < 4.78 is 0.